The number of aromatic nitrogens is 1. The molecule has 1 aliphatic rings. The molecule has 1 saturated heterocycles. The van der Waals surface area contributed by atoms with E-state index in [4.69, 9.17) is 0 Å². The minimum atomic E-state index is -0.0541. The van der Waals surface area contributed by atoms with Crippen LogP contribution in [-0.4, -0.2) is 41.0 Å². The van der Waals surface area contributed by atoms with Crippen LogP contribution >= 0.6 is 11.8 Å². The Hall–Kier alpha value is -1.85. The van der Waals surface area contributed by atoms with Crippen molar-refractivity contribution in [1.29, 1.82) is 0 Å². The van der Waals surface area contributed by atoms with E-state index in [1.807, 2.05) is 42.5 Å². The zero-order valence-electron chi connectivity index (χ0n) is 15.6. The predicted molar refractivity (Wildman–Crippen MR) is 107 cm³/mol. The highest BCUT2D eigenvalue weighted by atomic mass is 32.2. The fourth-order valence-electron chi connectivity index (χ4n) is 3.25. The molecular weight excluding hydrogens is 342 g/mol. The zero-order chi connectivity index (χ0) is 18.4. The molecule has 0 saturated carbocycles. The van der Waals surface area contributed by atoms with E-state index in [9.17, 15) is 4.79 Å². The van der Waals surface area contributed by atoms with Crippen LogP contribution in [0.4, 0.5) is 0 Å². The van der Waals surface area contributed by atoms with Crippen molar-refractivity contribution in [2.75, 3.05) is 19.6 Å². The van der Waals surface area contributed by atoms with Gasteiger partial charge in [0.25, 0.3) is 5.91 Å². The van der Waals surface area contributed by atoms with Gasteiger partial charge in [0.05, 0.1) is 5.56 Å². The summed E-state index contributed by atoms with van der Waals surface area (Å²) >= 11 is 1.52. The lowest BCUT2D eigenvalue weighted by Crippen LogP contribution is -2.53. The number of amides is 1. The molecule has 5 heteroatoms. The van der Waals surface area contributed by atoms with Crippen molar-refractivity contribution in [3.05, 3.63) is 54.2 Å². The molecule has 0 atom stereocenters. The lowest BCUT2D eigenvalue weighted by atomic mass is 9.98. The summed E-state index contributed by atoms with van der Waals surface area (Å²) in [6, 6.07) is 13.7. The lowest BCUT2D eigenvalue weighted by Gasteiger charge is -2.41. The van der Waals surface area contributed by atoms with Crippen LogP contribution in [0.2, 0.25) is 0 Å². The molecule has 4 nitrogen and oxygen atoms in total. The second kappa shape index (κ2) is 8.69. The number of carbonyl (C=O) groups excluding carboxylic acids is 1. The number of hydrogen-bond donors (Lipinski definition) is 1. The van der Waals surface area contributed by atoms with E-state index in [0.29, 0.717) is 12.1 Å². The van der Waals surface area contributed by atoms with Gasteiger partial charge >= 0.3 is 0 Å². The Morgan fingerprint density at radius 3 is 2.58 bits per heavy atom. The Labute approximate surface area is 160 Å². The Balaban J connectivity index is 1.66. The molecule has 1 aliphatic heterocycles. The topological polar surface area (TPSA) is 45.2 Å². The fraction of sp³-hybridized carbons (Fsp3) is 0.429. The molecule has 2 heterocycles. The molecule has 1 aromatic carbocycles. The van der Waals surface area contributed by atoms with Gasteiger partial charge in [-0.05, 0) is 64.0 Å². The first-order valence-corrected chi connectivity index (χ1v) is 10.1. The summed E-state index contributed by atoms with van der Waals surface area (Å²) in [6.07, 6.45) is 5.55. The van der Waals surface area contributed by atoms with Crippen LogP contribution in [0.25, 0.3) is 0 Å². The molecule has 0 spiro atoms. The third kappa shape index (κ3) is 4.86. The maximum Gasteiger partial charge on any atom is 0.254 e. The van der Waals surface area contributed by atoms with Gasteiger partial charge in [0, 0.05) is 23.2 Å². The van der Waals surface area contributed by atoms with E-state index in [-0.39, 0.29) is 11.4 Å². The fourth-order valence-corrected chi connectivity index (χ4v) is 4.15. The molecule has 1 aromatic heterocycles. The molecule has 138 valence electrons. The van der Waals surface area contributed by atoms with E-state index in [1.54, 1.807) is 6.20 Å². The molecule has 0 radical (unpaired) electrons. The predicted octanol–water partition coefficient (Wildman–Crippen LogP) is 4.23. The Bertz CT molecular complexity index is 727. The second-order valence-electron chi connectivity index (χ2n) is 7.31. The number of rotatable bonds is 6. The summed E-state index contributed by atoms with van der Waals surface area (Å²) in [5.41, 5.74) is 0.598. The van der Waals surface area contributed by atoms with Crippen LogP contribution in [0, 0.1) is 0 Å². The molecular formula is C21H27N3OS. The van der Waals surface area contributed by atoms with Crippen molar-refractivity contribution < 1.29 is 4.79 Å². The first-order valence-electron chi connectivity index (χ1n) is 9.27. The molecule has 1 N–H and O–H groups in total. The highest BCUT2D eigenvalue weighted by molar-refractivity contribution is 7.99. The number of piperidine rings is 1. The van der Waals surface area contributed by atoms with Gasteiger partial charge in [-0.15, -0.1) is 0 Å². The monoisotopic (exact) mass is 369 g/mol. The molecule has 2 aromatic rings. The van der Waals surface area contributed by atoms with Crippen LogP contribution in [-0.2, 0) is 0 Å². The molecule has 0 bridgehead atoms. The molecule has 1 fully saturated rings. The van der Waals surface area contributed by atoms with Gasteiger partial charge in [0.1, 0.15) is 5.03 Å². The van der Waals surface area contributed by atoms with E-state index >= 15 is 0 Å². The van der Waals surface area contributed by atoms with E-state index in [0.717, 1.165) is 23.0 Å². The van der Waals surface area contributed by atoms with Crippen LogP contribution in [0.3, 0.4) is 0 Å². The molecule has 26 heavy (non-hydrogen) atoms. The van der Waals surface area contributed by atoms with Gasteiger partial charge in [0.2, 0.25) is 0 Å². The number of pyridine rings is 1. The Kier molecular flexibility index (Phi) is 6.33. The van der Waals surface area contributed by atoms with Gasteiger partial charge in [0.15, 0.2) is 0 Å². The standard InChI is InChI=1S/C21H27N3OS/c1-21(2,24-14-7-4-8-15-24)16-23-19(25)18-12-9-13-22-20(18)26-17-10-5-3-6-11-17/h3,5-6,9-13H,4,7-8,14-16H2,1-2H3,(H,23,25). The summed E-state index contributed by atoms with van der Waals surface area (Å²) in [7, 11) is 0. The van der Waals surface area contributed by atoms with Gasteiger partial charge < -0.3 is 5.32 Å². The van der Waals surface area contributed by atoms with Crippen LogP contribution < -0.4 is 5.32 Å². The van der Waals surface area contributed by atoms with E-state index in [2.05, 4.69) is 29.0 Å². The van der Waals surface area contributed by atoms with Crippen molar-refractivity contribution in [3.63, 3.8) is 0 Å². The van der Waals surface area contributed by atoms with Crippen LogP contribution in [0.5, 0.6) is 0 Å². The smallest absolute Gasteiger partial charge is 0.254 e. The Morgan fingerprint density at radius 1 is 1.12 bits per heavy atom. The highest BCUT2D eigenvalue weighted by Crippen LogP contribution is 2.28. The normalized spacial score (nSPS) is 15.6. The number of nitrogens with one attached hydrogen (secondary N) is 1. The quantitative estimate of drug-likeness (QED) is 0.828. The van der Waals surface area contributed by atoms with Crippen LogP contribution in [0.15, 0.2) is 58.6 Å². The first kappa shape index (κ1) is 18.9. The maximum atomic E-state index is 12.8. The average Bonchev–Trinajstić information content (AvgIpc) is 2.68. The van der Waals surface area contributed by atoms with Crippen LogP contribution in [0.1, 0.15) is 43.5 Å². The second-order valence-corrected chi connectivity index (χ2v) is 8.38. The summed E-state index contributed by atoms with van der Waals surface area (Å²) in [5, 5.41) is 3.87. The van der Waals surface area contributed by atoms with Crippen molar-refractivity contribution in [3.8, 4) is 0 Å². The van der Waals surface area contributed by atoms with Gasteiger partial charge in [-0.25, -0.2) is 4.98 Å². The van der Waals surface area contributed by atoms with Gasteiger partial charge in [-0.1, -0.05) is 36.4 Å². The number of carbonyl (C=O) groups is 1. The molecule has 0 aliphatic carbocycles. The highest BCUT2D eigenvalue weighted by Gasteiger charge is 2.28. The number of likely N-dealkylation sites (tertiary alicyclic amines) is 1. The largest absolute Gasteiger partial charge is 0.350 e. The van der Waals surface area contributed by atoms with Gasteiger partial charge in [-0.3, -0.25) is 9.69 Å². The lowest BCUT2D eigenvalue weighted by molar-refractivity contribution is 0.0795. The van der Waals surface area contributed by atoms with Crippen molar-refractivity contribution >= 4 is 17.7 Å². The molecule has 0 unspecified atom stereocenters. The third-order valence-corrected chi connectivity index (χ3v) is 5.89. The zero-order valence-corrected chi connectivity index (χ0v) is 16.4. The number of benzene rings is 1. The third-order valence-electron chi connectivity index (χ3n) is 4.87. The van der Waals surface area contributed by atoms with Crippen molar-refractivity contribution in [1.82, 2.24) is 15.2 Å². The first-order chi connectivity index (χ1) is 12.6. The molecule has 1 amide bonds. The maximum absolute atomic E-state index is 12.8. The van der Waals surface area contributed by atoms with Crippen molar-refractivity contribution in [2.24, 2.45) is 0 Å². The number of hydrogen-bond acceptors (Lipinski definition) is 4. The average molecular weight is 370 g/mol. The minimum Gasteiger partial charge on any atom is -0.350 e. The summed E-state index contributed by atoms with van der Waals surface area (Å²) in [5.74, 6) is -0.0541. The number of nitrogens with zero attached hydrogens (tertiary/aromatic N) is 2. The molecule has 3 rings (SSSR count). The summed E-state index contributed by atoms with van der Waals surface area (Å²) in [4.78, 5) is 20.8. The summed E-state index contributed by atoms with van der Waals surface area (Å²) in [6.45, 7) is 7.29. The van der Waals surface area contributed by atoms with E-state index < -0.39 is 0 Å². The summed E-state index contributed by atoms with van der Waals surface area (Å²) < 4.78 is 0. The van der Waals surface area contributed by atoms with Crippen molar-refractivity contribution in [2.45, 2.75) is 48.6 Å². The SMILES string of the molecule is CC(C)(CNC(=O)c1cccnc1Sc1ccccc1)N1CCCCC1. The Morgan fingerprint density at radius 2 is 1.85 bits per heavy atom. The van der Waals surface area contributed by atoms with E-state index in [1.165, 1.54) is 31.0 Å². The van der Waals surface area contributed by atoms with Gasteiger partial charge in [-0.2, -0.15) is 0 Å². The minimum absolute atomic E-state index is 0.0367.